The van der Waals surface area contributed by atoms with Gasteiger partial charge in [0.15, 0.2) is 0 Å². The van der Waals surface area contributed by atoms with Crippen molar-refractivity contribution in [3.05, 3.63) is 11.6 Å². The van der Waals surface area contributed by atoms with Gasteiger partial charge in [-0.1, -0.05) is 32.4 Å². The zero-order valence-electron chi connectivity index (χ0n) is 9.64. The number of fused-ring (bicyclic) bond motifs is 1. The third-order valence-corrected chi connectivity index (χ3v) is 4.43. The first-order chi connectivity index (χ1) is 6.47. The molecule has 1 N–H and O–H groups in total. The van der Waals surface area contributed by atoms with E-state index in [-0.39, 0.29) is 11.5 Å². The van der Waals surface area contributed by atoms with Crippen molar-refractivity contribution in [1.82, 2.24) is 0 Å². The molecule has 0 amide bonds. The van der Waals surface area contributed by atoms with Crippen LogP contribution >= 0.6 is 0 Å². The van der Waals surface area contributed by atoms with E-state index >= 15 is 0 Å². The predicted octanol–water partition coefficient (Wildman–Crippen LogP) is 3.28. The van der Waals surface area contributed by atoms with Gasteiger partial charge in [-0.25, -0.2) is 0 Å². The Morgan fingerprint density at radius 2 is 2.00 bits per heavy atom. The Bertz CT molecular complexity index is 264. The van der Waals surface area contributed by atoms with Crippen molar-refractivity contribution >= 4 is 0 Å². The van der Waals surface area contributed by atoms with Crippen LogP contribution in [0.4, 0.5) is 0 Å². The Morgan fingerprint density at radius 1 is 1.29 bits per heavy atom. The zero-order valence-corrected chi connectivity index (χ0v) is 9.64. The van der Waals surface area contributed by atoms with E-state index in [9.17, 15) is 5.11 Å². The zero-order chi connectivity index (χ0) is 10.4. The van der Waals surface area contributed by atoms with Crippen molar-refractivity contribution < 1.29 is 5.11 Å². The van der Waals surface area contributed by atoms with E-state index in [1.165, 1.54) is 31.3 Å². The summed E-state index contributed by atoms with van der Waals surface area (Å²) in [6.07, 6.45) is 8.25. The molecule has 0 radical (unpaired) electrons. The summed E-state index contributed by atoms with van der Waals surface area (Å²) < 4.78 is 0. The molecule has 2 aliphatic carbocycles. The number of hydrogen-bond donors (Lipinski definition) is 1. The second kappa shape index (κ2) is 3.10. The number of rotatable bonds is 0. The lowest BCUT2D eigenvalue weighted by Crippen LogP contribution is -2.44. The second-order valence-corrected chi connectivity index (χ2v) is 5.85. The maximum Gasteiger partial charge on any atom is 0.0628 e. The van der Waals surface area contributed by atoms with Gasteiger partial charge in [-0.3, -0.25) is 0 Å². The fraction of sp³-hybridized carbons (Fsp3) is 0.846. The molecule has 80 valence electrons. The highest BCUT2D eigenvalue weighted by Crippen LogP contribution is 2.54. The molecule has 0 heterocycles. The lowest BCUT2D eigenvalue weighted by Gasteiger charge is -2.50. The molecule has 1 nitrogen and oxygen atoms in total. The fourth-order valence-electron chi connectivity index (χ4n) is 3.42. The summed E-state index contributed by atoms with van der Waals surface area (Å²) in [5.74, 6) is 0. The van der Waals surface area contributed by atoms with Crippen LogP contribution in [-0.2, 0) is 0 Å². The van der Waals surface area contributed by atoms with Gasteiger partial charge >= 0.3 is 0 Å². The minimum absolute atomic E-state index is 0.00736. The van der Waals surface area contributed by atoms with Gasteiger partial charge < -0.3 is 5.11 Å². The first kappa shape index (κ1) is 10.2. The Balaban J connectivity index is 2.39. The topological polar surface area (TPSA) is 20.2 Å². The second-order valence-electron chi connectivity index (χ2n) is 5.85. The van der Waals surface area contributed by atoms with Crippen molar-refractivity contribution in [3.8, 4) is 0 Å². The van der Waals surface area contributed by atoms with Crippen LogP contribution in [0.5, 0.6) is 0 Å². The highest BCUT2D eigenvalue weighted by Gasteiger charge is 2.46. The predicted molar refractivity (Wildman–Crippen MR) is 59.1 cm³/mol. The molecule has 1 heteroatoms. The van der Waals surface area contributed by atoms with Crippen LogP contribution in [0.1, 0.15) is 52.9 Å². The van der Waals surface area contributed by atoms with Gasteiger partial charge in [0.2, 0.25) is 0 Å². The van der Waals surface area contributed by atoms with E-state index in [0.717, 1.165) is 6.42 Å². The largest absolute Gasteiger partial charge is 0.392 e. The number of aliphatic hydroxyl groups excluding tert-OH is 1. The number of hydrogen-bond acceptors (Lipinski definition) is 1. The molecule has 0 aromatic rings. The van der Waals surface area contributed by atoms with Gasteiger partial charge in [0.25, 0.3) is 0 Å². The summed E-state index contributed by atoms with van der Waals surface area (Å²) in [6.45, 7) is 6.78. The maximum atomic E-state index is 10.0. The molecule has 0 aromatic carbocycles. The van der Waals surface area contributed by atoms with E-state index in [1.807, 2.05) is 0 Å². The molecule has 0 aliphatic heterocycles. The quantitative estimate of drug-likeness (QED) is 0.587. The Kier molecular flexibility index (Phi) is 2.26. The molecule has 0 saturated heterocycles. The Hall–Kier alpha value is -0.300. The van der Waals surface area contributed by atoms with E-state index < -0.39 is 0 Å². The van der Waals surface area contributed by atoms with Crippen LogP contribution in [-0.4, -0.2) is 11.2 Å². The van der Waals surface area contributed by atoms with Gasteiger partial charge in [-0.05, 0) is 37.5 Å². The highest BCUT2D eigenvalue weighted by atomic mass is 16.3. The van der Waals surface area contributed by atoms with Crippen molar-refractivity contribution in [1.29, 1.82) is 0 Å². The number of allylic oxidation sites excluding steroid dienone is 1. The molecule has 2 atom stereocenters. The van der Waals surface area contributed by atoms with Crippen molar-refractivity contribution in [2.24, 2.45) is 10.8 Å². The summed E-state index contributed by atoms with van der Waals surface area (Å²) in [4.78, 5) is 0. The Morgan fingerprint density at radius 3 is 2.71 bits per heavy atom. The fourth-order valence-corrected chi connectivity index (χ4v) is 3.42. The summed E-state index contributed by atoms with van der Waals surface area (Å²) in [5.41, 5.74) is 1.92. The summed E-state index contributed by atoms with van der Waals surface area (Å²) in [7, 11) is 0. The first-order valence-corrected chi connectivity index (χ1v) is 5.86. The lowest BCUT2D eigenvalue weighted by atomic mass is 9.56. The third-order valence-electron chi connectivity index (χ3n) is 4.43. The van der Waals surface area contributed by atoms with Crippen LogP contribution < -0.4 is 0 Å². The molecule has 0 unspecified atom stereocenters. The number of aliphatic hydroxyl groups is 1. The SMILES string of the molecule is CC1(C)C2=CCCC[C@]2(C)CC[C@H]1O. The molecule has 1 fully saturated rings. The highest BCUT2D eigenvalue weighted by molar-refractivity contribution is 5.27. The minimum Gasteiger partial charge on any atom is -0.392 e. The van der Waals surface area contributed by atoms with Crippen molar-refractivity contribution in [2.75, 3.05) is 0 Å². The van der Waals surface area contributed by atoms with Crippen molar-refractivity contribution in [3.63, 3.8) is 0 Å². The van der Waals surface area contributed by atoms with Crippen LogP contribution in [0.15, 0.2) is 11.6 Å². The van der Waals surface area contributed by atoms with Crippen molar-refractivity contribution in [2.45, 2.75) is 59.0 Å². The van der Waals surface area contributed by atoms with Gasteiger partial charge in [-0.2, -0.15) is 0 Å². The standard InChI is InChI=1S/C13H22O/c1-12(2)10-6-4-5-8-13(10,3)9-7-11(12)14/h6,11,14H,4-5,7-9H2,1-3H3/t11-,13-/m1/s1. The molecule has 0 spiro atoms. The molecule has 2 rings (SSSR count). The van der Waals surface area contributed by atoms with Gasteiger partial charge in [0.05, 0.1) is 6.10 Å². The van der Waals surface area contributed by atoms with E-state index in [1.54, 1.807) is 0 Å². The van der Waals surface area contributed by atoms with E-state index in [0.29, 0.717) is 5.41 Å². The monoisotopic (exact) mass is 194 g/mol. The Labute approximate surface area is 87.2 Å². The molecule has 0 bridgehead atoms. The van der Waals surface area contributed by atoms with Gasteiger partial charge in [-0.15, -0.1) is 0 Å². The molecule has 2 aliphatic rings. The molecular weight excluding hydrogens is 172 g/mol. The van der Waals surface area contributed by atoms with Crippen LogP contribution in [0.25, 0.3) is 0 Å². The normalized spacial score (nSPS) is 41.4. The molecule has 14 heavy (non-hydrogen) atoms. The minimum atomic E-state index is -0.139. The summed E-state index contributed by atoms with van der Waals surface area (Å²) >= 11 is 0. The molecular formula is C13H22O. The summed E-state index contributed by atoms with van der Waals surface area (Å²) in [5, 5.41) is 10.0. The molecule has 0 aromatic heterocycles. The lowest BCUT2D eigenvalue weighted by molar-refractivity contribution is 0.00818. The first-order valence-electron chi connectivity index (χ1n) is 5.86. The smallest absolute Gasteiger partial charge is 0.0628 e. The van der Waals surface area contributed by atoms with Gasteiger partial charge in [0, 0.05) is 5.41 Å². The average Bonchev–Trinajstić information content (AvgIpc) is 2.13. The molecule has 1 saturated carbocycles. The van der Waals surface area contributed by atoms with E-state index in [4.69, 9.17) is 0 Å². The van der Waals surface area contributed by atoms with Gasteiger partial charge in [0.1, 0.15) is 0 Å². The summed E-state index contributed by atoms with van der Waals surface area (Å²) in [6, 6.07) is 0. The average molecular weight is 194 g/mol. The van der Waals surface area contributed by atoms with E-state index in [2.05, 4.69) is 26.8 Å². The van der Waals surface area contributed by atoms with Crippen LogP contribution in [0, 0.1) is 10.8 Å². The van der Waals surface area contributed by atoms with Crippen LogP contribution in [0.3, 0.4) is 0 Å². The third kappa shape index (κ3) is 1.33. The van der Waals surface area contributed by atoms with Crippen LogP contribution in [0.2, 0.25) is 0 Å². The maximum absolute atomic E-state index is 10.0.